The number of carboxylic acid groups (broad SMARTS) is 1. The third-order valence-corrected chi connectivity index (χ3v) is 4.42. The van der Waals surface area contributed by atoms with Crippen LogP contribution < -0.4 is 4.74 Å². The zero-order valence-electron chi connectivity index (χ0n) is 14.1. The summed E-state index contributed by atoms with van der Waals surface area (Å²) < 4.78 is 5.31. The van der Waals surface area contributed by atoms with Gasteiger partial charge < -0.3 is 9.84 Å². The summed E-state index contributed by atoms with van der Waals surface area (Å²) in [6.07, 6.45) is 2.13. The maximum Gasteiger partial charge on any atom is 0.307 e. The van der Waals surface area contributed by atoms with Crippen LogP contribution in [0.1, 0.15) is 35.6 Å². The summed E-state index contributed by atoms with van der Waals surface area (Å²) in [5.41, 5.74) is 7.28. The predicted molar refractivity (Wildman–Crippen MR) is 96.9 cm³/mol. The lowest BCUT2D eigenvalue weighted by atomic mass is 10.00. The quantitative estimate of drug-likeness (QED) is 0.879. The monoisotopic (exact) mass is 320 g/mol. The van der Waals surface area contributed by atoms with Crippen molar-refractivity contribution < 1.29 is 14.6 Å². The van der Waals surface area contributed by atoms with Crippen molar-refractivity contribution in [3.05, 3.63) is 70.3 Å². The van der Waals surface area contributed by atoms with Gasteiger partial charge in [0, 0.05) is 0 Å². The van der Waals surface area contributed by atoms with E-state index in [9.17, 15) is 9.90 Å². The molecule has 0 saturated heterocycles. The van der Waals surface area contributed by atoms with Gasteiger partial charge >= 0.3 is 5.97 Å². The number of aryl methyl sites for hydroxylation is 1. The van der Waals surface area contributed by atoms with Crippen LogP contribution in [0.2, 0.25) is 0 Å². The molecular formula is C21H20O3. The second-order valence-corrected chi connectivity index (χ2v) is 6.05. The van der Waals surface area contributed by atoms with Crippen LogP contribution in [-0.2, 0) is 4.79 Å². The van der Waals surface area contributed by atoms with Crippen molar-refractivity contribution >= 4 is 23.2 Å². The molecule has 1 aliphatic rings. The van der Waals surface area contributed by atoms with E-state index >= 15 is 0 Å². The molecule has 122 valence electrons. The number of hydrogen-bond acceptors (Lipinski definition) is 2. The fraction of sp³-hybridized carbons (Fsp3) is 0.190. The molecule has 24 heavy (non-hydrogen) atoms. The zero-order chi connectivity index (χ0) is 17.3. The van der Waals surface area contributed by atoms with Gasteiger partial charge in [0.25, 0.3) is 0 Å². The van der Waals surface area contributed by atoms with E-state index in [1.807, 2.05) is 25.1 Å². The zero-order valence-corrected chi connectivity index (χ0v) is 14.1. The lowest BCUT2D eigenvalue weighted by molar-refractivity contribution is -0.135. The molecule has 2 aromatic rings. The summed E-state index contributed by atoms with van der Waals surface area (Å²) in [5, 5.41) is 9.27. The van der Waals surface area contributed by atoms with Crippen LogP contribution >= 0.6 is 0 Å². The van der Waals surface area contributed by atoms with Crippen molar-refractivity contribution in [3.63, 3.8) is 0 Å². The van der Waals surface area contributed by atoms with Crippen molar-refractivity contribution in [1.82, 2.24) is 0 Å². The molecule has 0 saturated carbocycles. The van der Waals surface area contributed by atoms with Crippen LogP contribution in [0.25, 0.3) is 17.2 Å². The Balaban J connectivity index is 2.15. The average Bonchev–Trinajstić information content (AvgIpc) is 2.81. The molecule has 0 spiro atoms. The van der Waals surface area contributed by atoms with E-state index in [-0.39, 0.29) is 6.42 Å². The van der Waals surface area contributed by atoms with Crippen LogP contribution in [0.4, 0.5) is 0 Å². The number of carbonyl (C=O) groups is 1. The molecule has 2 aromatic carbocycles. The largest absolute Gasteiger partial charge is 0.497 e. The lowest BCUT2D eigenvalue weighted by Crippen LogP contribution is -1.97. The molecule has 3 rings (SSSR count). The van der Waals surface area contributed by atoms with Gasteiger partial charge in [-0.25, -0.2) is 0 Å². The molecule has 0 bridgehead atoms. The van der Waals surface area contributed by atoms with Gasteiger partial charge in [-0.3, -0.25) is 4.79 Å². The van der Waals surface area contributed by atoms with Crippen molar-refractivity contribution in [2.24, 2.45) is 0 Å². The molecule has 1 N–H and O–H groups in total. The van der Waals surface area contributed by atoms with E-state index in [1.54, 1.807) is 7.11 Å². The van der Waals surface area contributed by atoms with Gasteiger partial charge in [0.05, 0.1) is 13.5 Å². The number of methoxy groups -OCH3 is 1. The summed E-state index contributed by atoms with van der Waals surface area (Å²) in [4.78, 5) is 11.3. The summed E-state index contributed by atoms with van der Waals surface area (Å²) in [6, 6.07) is 14.2. The summed E-state index contributed by atoms with van der Waals surface area (Å²) in [7, 11) is 1.62. The van der Waals surface area contributed by atoms with Crippen LogP contribution in [0.15, 0.2) is 48.0 Å². The van der Waals surface area contributed by atoms with Crippen molar-refractivity contribution in [1.29, 1.82) is 0 Å². The molecule has 1 aliphatic carbocycles. The highest BCUT2D eigenvalue weighted by molar-refractivity contribution is 6.07. The lowest BCUT2D eigenvalue weighted by Gasteiger charge is -2.07. The predicted octanol–water partition coefficient (Wildman–Crippen LogP) is 4.81. The Morgan fingerprint density at radius 3 is 2.42 bits per heavy atom. The smallest absolute Gasteiger partial charge is 0.307 e. The molecule has 0 heterocycles. The van der Waals surface area contributed by atoms with E-state index in [4.69, 9.17) is 4.74 Å². The van der Waals surface area contributed by atoms with Gasteiger partial charge in [0.1, 0.15) is 5.75 Å². The first-order chi connectivity index (χ1) is 11.5. The Bertz CT molecular complexity index is 855. The maximum atomic E-state index is 11.3. The van der Waals surface area contributed by atoms with Gasteiger partial charge in [-0.05, 0) is 65.5 Å². The molecular weight excluding hydrogens is 300 g/mol. The highest BCUT2D eigenvalue weighted by Crippen LogP contribution is 2.44. The summed E-state index contributed by atoms with van der Waals surface area (Å²) in [6.45, 7) is 4.05. The third-order valence-electron chi connectivity index (χ3n) is 4.42. The Morgan fingerprint density at radius 1 is 1.08 bits per heavy atom. The SMILES string of the molecule is COc1ccc2c(c1)C(CC(=O)O)=C(C)/C2=C/c1ccc(C)cc1. The normalized spacial score (nSPS) is 14.9. The van der Waals surface area contributed by atoms with Crippen molar-refractivity contribution in [2.75, 3.05) is 7.11 Å². The number of benzene rings is 2. The molecule has 3 nitrogen and oxygen atoms in total. The molecule has 0 amide bonds. The van der Waals surface area contributed by atoms with E-state index in [0.717, 1.165) is 39.2 Å². The first kappa shape index (κ1) is 16.1. The van der Waals surface area contributed by atoms with Gasteiger partial charge in [-0.2, -0.15) is 0 Å². The minimum Gasteiger partial charge on any atom is -0.497 e. The number of aliphatic carboxylic acids is 1. The van der Waals surface area contributed by atoms with E-state index in [2.05, 4.69) is 37.3 Å². The highest BCUT2D eigenvalue weighted by Gasteiger charge is 2.25. The molecule has 0 radical (unpaired) electrons. The summed E-state index contributed by atoms with van der Waals surface area (Å²) in [5.74, 6) is -0.0873. The number of fused-ring (bicyclic) bond motifs is 1. The highest BCUT2D eigenvalue weighted by atomic mass is 16.5. The first-order valence-electron chi connectivity index (χ1n) is 7.88. The minimum absolute atomic E-state index is 0.0111. The standard InChI is InChI=1S/C21H20O3/c1-13-4-6-15(7-5-13)10-18-14(2)19(12-21(22)23)20-11-16(24-3)8-9-17(18)20/h4-11H,12H2,1-3H3,(H,22,23)/b18-10-. The van der Waals surface area contributed by atoms with E-state index < -0.39 is 5.97 Å². The van der Waals surface area contributed by atoms with Crippen molar-refractivity contribution in [3.8, 4) is 5.75 Å². The molecule has 0 aliphatic heterocycles. The van der Waals surface area contributed by atoms with Crippen molar-refractivity contribution in [2.45, 2.75) is 20.3 Å². The number of allylic oxidation sites excluding steroid dienone is 2. The Morgan fingerprint density at radius 2 is 1.79 bits per heavy atom. The van der Waals surface area contributed by atoms with Crippen LogP contribution in [0.5, 0.6) is 5.75 Å². The fourth-order valence-corrected chi connectivity index (χ4v) is 3.10. The van der Waals surface area contributed by atoms with Gasteiger partial charge in [-0.15, -0.1) is 0 Å². The Kier molecular flexibility index (Phi) is 4.26. The van der Waals surface area contributed by atoms with Gasteiger partial charge in [-0.1, -0.05) is 35.9 Å². The first-order valence-corrected chi connectivity index (χ1v) is 7.88. The third kappa shape index (κ3) is 2.98. The fourth-order valence-electron chi connectivity index (χ4n) is 3.10. The number of hydrogen-bond donors (Lipinski definition) is 1. The molecule has 3 heteroatoms. The maximum absolute atomic E-state index is 11.3. The molecule has 0 unspecified atom stereocenters. The number of carboxylic acids is 1. The van der Waals surface area contributed by atoms with E-state index in [1.165, 1.54) is 5.56 Å². The van der Waals surface area contributed by atoms with Gasteiger partial charge in [0.2, 0.25) is 0 Å². The van der Waals surface area contributed by atoms with Crippen LogP contribution in [0.3, 0.4) is 0 Å². The Labute approximate surface area is 141 Å². The van der Waals surface area contributed by atoms with Crippen LogP contribution in [0, 0.1) is 6.92 Å². The van der Waals surface area contributed by atoms with Crippen LogP contribution in [-0.4, -0.2) is 18.2 Å². The average molecular weight is 320 g/mol. The number of ether oxygens (including phenoxy) is 1. The second kappa shape index (κ2) is 6.36. The number of rotatable bonds is 4. The summed E-state index contributed by atoms with van der Waals surface area (Å²) >= 11 is 0. The second-order valence-electron chi connectivity index (χ2n) is 6.05. The van der Waals surface area contributed by atoms with E-state index in [0.29, 0.717) is 0 Å². The Hall–Kier alpha value is -2.81. The van der Waals surface area contributed by atoms with Gasteiger partial charge in [0.15, 0.2) is 0 Å². The molecule has 0 fully saturated rings. The molecule has 0 atom stereocenters. The minimum atomic E-state index is -0.824. The molecule has 0 aromatic heterocycles. The topological polar surface area (TPSA) is 46.5 Å².